The van der Waals surface area contributed by atoms with Gasteiger partial charge in [-0.3, -0.25) is 4.79 Å². The molecule has 1 aliphatic rings. The van der Waals surface area contributed by atoms with Gasteiger partial charge in [-0.2, -0.15) is 0 Å². The molecule has 3 N–H and O–H groups in total. The predicted molar refractivity (Wildman–Crippen MR) is 110 cm³/mol. The molecule has 1 atom stereocenters. The van der Waals surface area contributed by atoms with Crippen molar-refractivity contribution >= 4 is 30.9 Å². The lowest BCUT2D eigenvalue weighted by Crippen LogP contribution is -2.53. The first-order valence-corrected chi connectivity index (χ1v) is 10.0. The van der Waals surface area contributed by atoms with Crippen LogP contribution in [0.3, 0.4) is 0 Å². The molecule has 0 saturated carbocycles. The van der Waals surface area contributed by atoms with Gasteiger partial charge in [0.1, 0.15) is 12.3 Å². The number of esters is 2. The molecule has 174 valence electrons. The van der Waals surface area contributed by atoms with Gasteiger partial charge in [0, 0.05) is 0 Å². The van der Waals surface area contributed by atoms with Gasteiger partial charge >= 0.3 is 25.0 Å². The molecule has 2 heterocycles. The lowest BCUT2D eigenvalue weighted by atomic mass is 9.72. The van der Waals surface area contributed by atoms with E-state index in [0.717, 1.165) is 4.68 Å². The van der Waals surface area contributed by atoms with Gasteiger partial charge in [-0.1, -0.05) is 17.3 Å². The Morgan fingerprint density at radius 2 is 1.91 bits per heavy atom. The lowest BCUT2D eigenvalue weighted by molar-refractivity contribution is -0.122. The van der Waals surface area contributed by atoms with E-state index in [1.165, 1.54) is 12.1 Å². The van der Waals surface area contributed by atoms with Gasteiger partial charge in [-0.25, -0.2) is 19.1 Å². The molecule has 1 aliphatic heterocycles. The molecule has 14 heteroatoms. The van der Waals surface area contributed by atoms with Crippen LogP contribution in [0, 0.1) is 0 Å². The summed E-state index contributed by atoms with van der Waals surface area (Å²) in [5, 5.41) is 29.4. The first kappa shape index (κ1) is 23.7. The highest BCUT2D eigenvalue weighted by molar-refractivity contribution is 6.47. The van der Waals surface area contributed by atoms with Gasteiger partial charge in [0.15, 0.2) is 5.69 Å². The molecule has 0 unspecified atom stereocenters. The third-order valence-electron chi connectivity index (χ3n) is 4.66. The van der Waals surface area contributed by atoms with Crippen LogP contribution in [0.2, 0.25) is 0 Å². The molecule has 13 nitrogen and oxygen atoms in total. The number of carboxylic acids is 1. The lowest BCUT2D eigenvalue weighted by Gasteiger charge is -2.28. The Morgan fingerprint density at radius 1 is 1.21 bits per heavy atom. The molecule has 0 aliphatic carbocycles. The second-order valence-electron chi connectivity index (χ2n) is 6.87. The normalized spacial score (nSPS) is 14.6. The van der Waals surface area contributed by atoms with E-state index in [1.807, 2.05) is 0 Å². The van der Waals surface area contributed by atoms with Crippen molar-refractivity contribution < 1.29 is 43.4 Å². The van der Waals surface area contributed by atoms with E-state index in [1.54, 1.807) is 19.9 Å². The number of aromatic carboxylic acids is 1. The second kappa shape index (κ2) is 10.1. The number of carbonyl (C=O) groups is 4. The highest BCUT2D eigenvalue weighted by Gasteiger charge is 2.38. The summed E-state index contributed by atoms with van der Waals surface area (Å²) in [5.41, 5.74) is -0.353. The van der Waals surface area contributed by atoms with Crippen molar-refractivity contribution in [3.05, 3.63) is 40.7 Å². The second-order valence-corrected chi connectivity index (χ2v) is 6.87. The molecular formula is C19H21BN4O9. The zero-order valence-electron chi connectivity index (χ0n) is 17.8. The summed E-state index contributed by atoms with van der Waals surface area (Å²) in [4.78, 5) is 48.4. The minimum absolute atomic E-state index is 0.0157. The third kappa shape index (κ3) is 5.11. The number of nitrogens with one attached hydrogen (secondary N) is 1. The Balaban J connectivity index is 1.77. The molecule has 0 radical (unpaired) electrons. The van der Waals surface area contributed by atoms with E-state index in [9.17, 15) is 29.3 Å². The number of ether oxygens (including phenoxy) is 2. The van der Waals surface area contributed by atoms with Crippen molar-refractivity contribution in [2.45, 2.75) is 32.8 Å². The van der Waals surface area contributed by atoms with Gasteiger partial charge in [0.25, 0.3) is 0 Å². The summed E-state index contributed by atoms with van der Waals surface area (Å²) in [6.07, 6.45) is 0.0968. The maximum Gasteiger partial charge on any atom is 0.547 e. The zero-order chi connectivity index (χ0) is 24.1. The van der Waals surface area contributed by atoms with Crippen LogP contribution in [-0.4, -0.2) is 75.2 Å². The number of carboxylic acid groups (broad SMARTS) is 1. The number of hydrogen-bond donors (Lipinski definition) is 3. The van der Waals surface area contributed by atoms with Crippen molar-refractivity contribution in [3.8, 4) is 5.75 Å². The highest BCUT2D eigenvalue weighted by atomic mass is 16.5. The molecule has 3 rings (SSSR count). The fourth-order valence-corrected chi connectivity index (χ4v) is 3.27. The van der Waals surface area contributed by atoms with Crippen LogP contribution in [0.25, 0.3) is 0 Å². The topological polar surface area (TPSA) is 179 Å². The number of aromatic nitrogens is 3. The predicted octanol–water partition coefficient (Wildman–Crippen LogP) is -0.531. The number of fused-ring (bicyclic) bond motifs is 1. The maximum absolute atomic E-state index is 12.6. The van der Waals surface area contributed by atoms with Crippen molar-refractivity contribution in [2.24, 2.45) is 0 Å². The number of rotatable bonds is 8. The SMILES string of the molecule is CCOC(=O)c1nnn(CC(=O)N[C@H]2Cc3cccc(C(=O)O)c3OB2O)c1C(=O)OCC. The summed E-state index contributed by atoms with van der Waals surface area (Å²) in [6, 6.07) is 4.49. The zero-order valence-corrected chi connectivity index (χ0v) is 17.8. The Labute approximate surface area is 187 Å². The molecule has 1 aromatic heterocycles. The molecular weight excluding hydrogens is 439 g/mol. The molecule has 0 saturated heterocycles. The average Bonchev–Trinajstić information content (AvgIpc) is 3.17. The van der Waals surface area contributed by atoms with Crippen LogP contribution >= 0.6 is 0 Å². The summed E-state index contributed by atoms with van der Waals surface area (Å²) in [7, 11) is -1.52. The fraction of sp³-hybridized carbons (Fsp3) is 0.368. The Morgan fingerprint density at radius 3 is 2.58 bits per heavy atom. The smallest absolute Gasteiger partial charge is 0.534 e. The van der Waals surface area contributed by atoms with Crippen molar-refractivity contribution in [3.63, 3.8) is 0 Å². The number of benzene rings is 1. The van der Waals surface area contributed by atoms with Gasteiger partial charge < -0.3 is 29.6 Å². The molecule has 0 fully saturated rings. The highest BCUT2D eigenvalue weighted by Crippen LogP contribution is 2.30. The largest absolute Gasteiger partial charge is 0.547 e. The van der Waals surface area contributed by atoms with E-state index in [4.69, 9.17) is 14.1 Å². The maximum atomic E-state index is 12.6. The first-order chi connectivity index (χ1) is 15.8. The van der Waals surface area contributed by atoms with Crippen molar-refractivity contribution in [1.82, 2.24) is 20.3 Å². The Hall–Kier alpha value is -3.94. The van der Waals surface area contributed by atoms with E-state index in [2.05, 4.69) is 15.6 Å². The van der Waals surface area contributed by atoms with Gasteiger partial charge in [0.05, 0.1) is 24.7 Å². The third-order valence-corrected chi connectivity index (χ3v) is 4.66. The number of carbonyl (C=O) groups excluding carboxylic acids is 3. The van der Waals surface area contributed by atoms with Crippen LogP contribution in [0.1, 0.15) is 50.7 Å². The van der Waals surface area contributed by atoms with Crippen molar-refractivity contribution in [1.29, 1.82) is 0 Å². The number of para-hydroxylation sites is 1. The van der Waals surface area contributed by atoms with Crippen LogP contribution in [-0.2, 0) is 27.2 Å². The molecule has 2 aromatic rings. The molecule has 1 aromatic carbocycles. The van der Waals surface area contributed by atoms with Crippen LogP contribution in [0.4, 0.5) is 0 Å². The molecule has 0 bridgehead atoms. The van der Waals surface area contributed by atoms with E-state index in [0.29, 0.717) is 5.56 Å². The molecule has 1 amide bonds. The minimum Gasteiger partial charge on any atom is -0.534 e. The quantitative estimate of drug-likeness (QED) is 0.341. The van der Waals surface area contributed by atoms with E-state index < -0.39 is 43.4 Å². The van der Waals surface area contributed by atoms with Gasteiger partial charge in [-0.05, 0) is 31.9 Å². The Kier molecular flexibility index (Phi) is 7.28. The number of nitrogens with zero attached hydrogens (tertiary/aromatic N) is 3. The number of amides is 1. The van der Waals surface area contributed by atoms with Crippen LogP contribution in [0.15, 0.2) is 18.2 Å². The van der Waals surface area contributed by atoms with Crippen LogP contribution in [0.5, 0.6) is 5.75 Å². The fourth-order valence-electron chi connectivity index (χ4n) is 3.27. The summed E-state index contributed by atoms with van der Waals surface area (Å²) >= 11 is 0. The molecule has 0 spiro atoms. The average molecular weight is 460 g/mol. The van der Waals surface area contributed by atoms with Gasteiger partial charge in [-0.15, -0.1) is 5.10 Å². The first-order valence-electron chi connectivity index (χ1n) is 10.0. The van der Waals surface area contributed by atoms with Crippen molar-refractivity contribution in [2.75, 3.05) is 13.2 Å². The molecule has 33 heavy (non-hydrogen) atoms. The Bertz CT molecular complexity index is 1090. The number of hydrogen-bond acceptors (Lipinski definition) is 10. The summed E-state index contributed by atoms with van der Waals surface area (Å²) < 4.78 is 16.0. The van der Waals surface area contributed by atoms with Gasteiger partial charge in [0.2, 0.25) is 11.6 Å². The summed E-state index contributed by atoms with van der Waals surface area (Å²) in [6.45, 7) is 2.68. The monoisotopic (exact) mass is 460 g/mol. The standard InChI is InChI=1S/C19H21BN4O9/c1-3-31-18(28)14-15(19(29)32-4-2)24(23-22-14)9-13(25)21-12-8-10-6-5-7-11(17(26)27)16(10)33-20(12)30/h5-7,12,30H,3-4,8-9H2,1-2H3,(H,21,25)(H,26,27)/t12-/m0/s1. The minimum atomic E-state index is -1.52. The summed E-state index contributed by atoms with van der Waals surface area (Å²) in [5.74, 6) is -4.57. The van der Waals surface area contributed by atoms with E-state index >= 15 is 0 Å². The van der Waals surface area contributed by atoms with E-state index in [-0.39, 0.29) is 42.3 Å². The van der Waals surface area contributed by atoms with Crippen LogP contribution < -0.4 is 9.97 Å².